The van der Waals surface area contributed by atoms with Gasteiger partial charge < -0.3 is 34.8 Å². The average molecular weight is 546 g/mol. The van der Waals surface area contributed by atoms with Gasteiger partial charge in [0, 0.05) is 57.1 Å². The zero-order valence-electron chi connectivity index (χ0n) is 22.3. The summed E-state index contributed by atoms with van der Waals surface area (Å²) in [5.74, 6) is 3.95. The smallest absolute Gasteiger partial charge is 0.232 e. The standard InChI is InChI=1S/C29H35N7O2S/c1-21-7-5-6-12-36(21)27-18-26(35-15-13-34(14-16-35)23-8-3-2-4-9-23)31-28(32-27)33-29(39)30-19-22-10-11-24-25(17-22)38-20-37-24/h2-4,8-11,17-18,21H,5-7,12-16,19-20H2,1H3,(H2,30,31,32,33,39). The number of benzene rings is 2. The molecule has 10 heteroatoms. The highest BCUT2D eigenvalue weighted by Crippen LogP contribution is 2.32. The van der Waals surface area contributed by atoms with Crippen LogP contribution in [0.4, 0.5) is 23.3 Å². The van der Waals surface area contributed by atoms with E-state index >= 15 is 0 Å². The predicted octanol–water partition coefficient (Wildman–Crippen LogP) is 4.40. The van der Waals surface area contributed by atoms with Crippen LogP contribution in [-0.2, 0) is 6.54 Å². The van der Waals surface area contributed by atoms with E-state index in [9.17, 15) is 0 Å². The van der Waals surface area contributed by atoms with Crippen LogP contribution in [0.1, 0.15) is 31.7 Å². The third kappa shape index (κ3) is 5.95. The normalized spacial score (nSPS) is 18.7. The zero-order chi connectivity index (χ0) is 26.6. The van der Waals surface area contributed by atoms with E-state index in [1.807, 2.05) is 18.2 Å². The van der Waals surface area contributed by atoms with Crippen LogP contribution in [0.3, 0.4) is 0 Å². The number of aromatic nitrogens is 2. The van der Waals surface area contributed by atoms with Crippen LogP contribution >= 0.6 is 12.2 Å². The molecule has 0 bridgehead atoms. The van der Waals surface area contributed by atoms with Crippen molar-refractivity contribution in [2.24, 2.45) is 0 Å². The first-order valence-corrected chi connectivity index (χ1v) is 14.2. The van der Waals surface area contributed by atoms with Gasteiger partial charge in [-0.25, -0.2) is 0 Å². The SMILES string of the molecule is CC1CCCCN1c1cc(N2CCN(c3ccccc3)CC2)nc(NC(=S)NCc2ccc3c(c2)OCO3)n1. The molecule has 3 aliphatic heterocycles. The fraction of sp³-hybridized carbons (Fsp3) is 0.414. The average Bonchev–Trinajstić information content (AvgIpc) is 3.45. The third-order valence-electron chi connectivity index (χ3n) is 7.64. The number of thiocarbonyl (C=S) groups is 1. The van der Waals surface area contributed by atoms with Crippen molar-refractivity contribution < 1.29 is 9.47 Å². The molecular formula is C29H35N7O2S. The quantitative estimate of drug-likeness (QED) is 0.435. The molecule has 1 aromatic heterocycles. The maximum Gasteiger partial charge on any atom is 0.232 e. The van der Waals surface area contributed by atoms with Crippen molar-refractivity contribution in [3.63, 3.8) is 0 Å². The van der Waals surface area contributed by atoms with Crippen molar-refractivity contribution in [3.05, 3.63) is 60.2 Å². The van der Waals surface area contributed by atoms with E-state index in [0.29, 0.717) is 23.6 Å². The Morgan fingerprint density at radius 3 is 2.49 bits per heavy atom. The number of nitrogens with zero attached hydrogens (tertiary/aromatic N) is 5. The van der Waals surface area contributed by atoms with Crippen molar-refractivity contribution in [2.75, 3.05) is 59.5 Å². The number of fused-ring (bicyclic) bond motifs is 1. The minimum atomic E-state index is 0.263. The summed E-state index contributed by atoms with van der Waals surface area (Å²) in [7, 11) is 0. The molecule has 1 atom stereocenters. The Kier molecular flexibility index (Phi) is 7.53. The molecule has 1 unspecified atom stereocenters. The second-order valence-corrected chi connectivity index (χ2v) is 10.7. The first-order valence-electron chi connectivity index (χ1n) is 13.8. The molecular weight excluding hydrogens is 510 g/mol. The first-order chi connectivity index (χ1) is 19.1. The van der Waals surface area contributed by atoms with Gasteiger partial charge in [-0.3, -0.25) is 0 Å². The van der Waals surface area contributed by atoms with Crippen molar-refractivity contribution in [3.8, 4) is 11.5 Å². The molecule has 2 N–H and O–H groups in total. The lowest BCUT2D eigenvalue weighted by Gasteiger charge is -2.38. The molecule has 0 amide bonds. The molecule has 2 saturated heterocycles. The first kappa shape index (κ1) is 25.5. The van der Waals surface area contributed by atoms with E-state index in [4.69, 9.17) is 31.7 Å². The Morgan fingerprint density at radius 1 is 0.897 bits per heavy atom. The van der Waals surface area contributed by atoms with Crippen LogP contribution in [0.5, 0.6) is 11.5 Å². The largest absolute Gasteiger partial charge is 0.454 e. The lowest BCUT2D eigenvalue weighted by atomic mass is 10.0. The Labute approximate surface area is 235 Å². The molecule has 0 spiro atoms. The van der Waals surface area contributed by atoms with Crippen LogP contribution in [0.25, 0.3) is 0 Å². The number of rotatable bonds is 6. The molecule has 0 aliphatic carbocycles. The monoisotopic (exact) mass is 545 g/mol. The fourth-order valence-corrected chi connectivity index (χ4v) is 5.60. The lowest BCUT2D eigenvalue weighted by molar-refractivity contribution is 0.174. The number of anilines is 4. The Morgan fingerprint density at radius 2 is 1.67 bits per heavy atom. The maximum absolute atomic E-state index is 5.63. The molecule has 2 aromatic carbocycles. The molecule has 4 heterocycles. The number of ether oxygens (including phenoxy) is 2. The van der Waals surface area contributed by atoms with Crippen LogP contribution in [0.2, 0.25) is 0 Å². The van der Waals surface area contributed by atoms with Crippen molar-refractivity contribution >= 4 is 40.6 Å². The molecule has 3 aliphatic rings. The highest BCUT2D eigenvalue weighted by molar-refractivity contribution is 7.80. The predicted molar refractivity (Wildman–Crippen MR) is 159 cm³/mol. The Bertz CT molecular complexity index is 1300. The second kappa shape index (κ2) is 11.5. The van der Waals surface area contributed by atoms with E-state index in [2.05, 4.69) is 68.7 Å². The molecule has 3 aromatic rings. The number of piperidine rings is 1. The highest BCUT2D eigenvalue weighted by Gasteiger charge is 2.24. The van der Waals surface area contributed by atoms with E-state index in [-0.39, 0.29) is 6.79 Å². The van der Waals surface area contributed by atoms with Gasteiger partial charge in [0.05, 0.1) is 0 Å². The zero-order valence-corrected chi connectivity index (χ0v) is 23.1. The molecule has 9 nitrogen and oxygen atoms in total. The molecule has 204 valence electrons. The summed E-state index contributed by atoms with van der Waals surface area (Å²) in [5.41, 5.74) is 2.32. The molecule has 0 saturated carbocycles. The van der Waals surface area contributed by atoms with E-state index < -0.39 is 0 Å². The van der Waals surface area contributed by atoms with Gasteiger partial charge in [0.25, 0.3) is 0 Å². The summed E-state index contributed by atoms with van der Waals surface area (Å²) in [6.07, 6.45) is 3.61. The number of piperazine rings is 1. The van der Waals surface area contributed by atoms with E-state index in [0.717, 1.165) is 61.4 Å². The number of para-hydroxylation sites is 1. The number of hydrogen-bond acceptors (Lipinski definition) is 8. The maximum atomic E-state index is 5.63. The van der Waals surface area contributed by atoms with Gasteiger partial charge in [-0.1, -0.05) is 24.3 Å². The fourth-order valence-electron chi connectivity index (χ4n) is 5.44. The number of hydrogen-bond donors (Lipinski definition) is 2. The summed E-state index contributed by atoms with van der Waals surface area (Å²) in [6, 6.07) is 19.1. The van der Waals surface area contributed by atoms with Gasteiger partial charge in [-0.2, -0.15) is 9.97 Å². The van der Waals surface area contributed by atoms with Gasteiger partial charge in [0.2, 0.25) is 12.7 Å². The van der Waals surface area contributed by atoms with E-state index in [1.165, 1.54) is 24.9 Å². The van der Waals surface area contributed by atoms with Crippen LogP contribution in [0.15, 0.2) is 54.6 Å². The molecule has 39 heavy (non-hydrogen) atoms. The Balaban J connectivity index is 1.16. The highest BCUT2D eigenvalue weighted by atomic mass is 32.1. The Hall–Kier alpha value is -3.79. The van der Waals surface area contributed by atoms with Crippen molar-refractivity contribution in [1.29, 1.82) is 0 Å². The summed E-state index contributed by atoms with van der Waals surface area (Å²) in [4.78, 5) is 17.0. The summed E-state index contributed by atoms with van der Waals surface area (Å²) in [5, 5.41) is 7.01. The minimum absolute atomic E-state index is 0.263. The molecule has 6 rings (SSSR count). The van der Waals surface area contributed by atoms with Crippen LogP contribution in [-0.4, -0.2) is 60.6 Å². The van der Waals surface area contributed by atoms with Crippen molar-refractivity contribution in [1.82, 2.24) is 15.3 Å². The van der Waals surface area contributed by atoms with Gasteiger partial charge in [-0.15, -0.1) is 0 Å². The topological polar surface area (TPSA) is 78.0 Å². The summed E-state index contributed by atoms with van der Waals surface area (Å²) >= 11 is 5.63. The van der Waals surface area contributed by atoms with Gasteiger partial charge >= 0.3 is 0 Å². The second-order valence-electron chi connectivity index (χ2n) is 10.3. The van der Waals surface area contributed by atoms with E-state index in [1.54, 1.807) is 0 Å². The lowest BCUT2D eigenvalue weighted by Crippen LogP contribution is -2.47. The van der Waals surface area contributed by atoms with Gasteiger partial charge in [0.1, 0.15) is 11.6 Å². The van der Waals surface area contributed by atoms with Crippen LogP contribution < -0.4 is 34.8 Å². The minimum Gasteiger partial charge on any atom is -0.454 e. The molecule has 2 fully saturated rings. The van der Waals surface area contributed by atoms with Crippen molar-refractivity contribution in [2.45, 2.75) is 38.8 Å². The number of nitrogens with one attached hydrogen (secondary N) is 2. The summed E-state index contributed by atoms with van der Waals surface area (Å²) in [6.45, 7) is 7.79. The van der Waals surface area contributed by atoms with Gasteiger partial charge in [0.15, 0.2) is 16.6 Å². The third-order valence-corrected chi connectivity index (χ3v) is 7.88. The van der Waals surface area contributed by atoms with Crippen LogP contribution in [0, 0.1) is 0 Å². The van der Waals surface area contributed by atoms with Gasteiger partial charge in [-0.05, 0) is 68.2 Å². The molecule has 0 radical (unpaired) electrons. The summed E-state index contributed by atoms with van der Waals surface area (Å²) < 4.78 is 10.9.